The van der Waals surface area contributed by atoms with Gasteiger partial charge in [0.15, 0.2) is 0 Å². The number of terminal acetylenes is 1. The molecule has 0 saturated carbocycles. The molecule has 1 saturated heterocycles. The minimum absolute atomic E-state index is 0.00417. The highest BCUT2D eigenvalue weighted by molar-refractivity contribution is 6.73. The fraction of sp³-hybridized carbons (Fsp3) is 0.250. The predicted molar refractivity (Wildman–Crippen MR) is 135 cm³/mol. The van der Waals surface area contributed by atoms with Gasteiger partial charge >= 0.3 is 13.1 Å². The van der Waals surface area contributed by atoms with Gasteiger partial charge in [-0.15, -0.1) is 11.9 Å². The van der Waals surface area contributed by atoms with Gasteiger partial charge in [-0.05, 0) is 33.9 Å². The van der Waals surface area contributed by atoms with Crippen molar-refractivity contribution in [2.45, 2.75) is 12.5 Å². The van der Waals surface area contributed by atoms with E-state index >= 15 is 0 Å². The Morgan fingerprint density at radius 2 is 1.56 bits per heavy atom. The zero-order chi connectivity index (χ0) is 25.3. The molecule has 2 aliphatic rings. The molecule has 0 N–H and O–H groups in total. The molecule has 1 aliphatic heterocycles. The number of rotatable bonds is 5. The van der Waals surface area contributed by atoms with Gasteiger partial charge in [-0.2, -0.15) is 0 Å². The number of hydrogen-bond acceptors (Lipinski definition) is 3. The molecule has 0 bridgehead atoms. The maximum absolute atomic E-state index is 13.3. The molecule has 184 valence electrons. The van der Waals surface area contributed by atoms with Gasteiger partial charge in [0.25, 0.3) is 0 Å². The maximum atomic E-state index is 13.3. The molecule has 36 heavy (non-hydrogen) atoms. The number of carbonyl (C=O) groups excluding carboxylic acids is 1. The summed E-state index contributed by atoms with van der Waals surface area (Å²) in [5.41, 5.74) is 4.72. The molecule has 5 rings (SSSR count). The highest BCUT2D eigenvalue weighted by Crippen LogP contribution is 2.44. The molecular weight excluding hydrogens is 464 g/mol. The third-order valence-corrected chi connectivity index (χ3v) is 6.93. The van der Waals surface area contributed by atoms with E-state index in [4.69, 9.17) is 11.2 Å². The minimum Gasteiger partial charge on any atom is -0.448 e. The van der Waals surface area contributed by atoms with E-state index in [0.717, 1.165) is 17.2 Å². The zero-order valence-electron chi connectivity index (χ0n) is 19.7. The Morgan fingerprint density at radius 3 is 2.14 bits per heavy atom. The Labute approximate surface area is 208 Å². The highest BCUT2D eigenvalue weighted by atomic mass is 19.4. The van der Waals surface area contributed by atoms with E-state index in [1.807, 2.05) is 29.2 Å². The Kier molecular flexibility index (Phi) is 6.50. The topological polar surface area (TPSA) is 32.8 Å². The van der Waals surface area contributed by atoms with Crippen molar-refractivity contribution < 1.29 is 22.5 Å². The lowest BCUT2D eigenvalue weighted by atomic mass is 9.78. The minimum atomic E-state index is -5.13. The molecule has 8 heteroatoms. The van der Waals surface area contributed by atoms with Crippen LogP contribution in [0.3, 0.4) is 0 Å². The second-order valence-corrected chi connectivity index (χ2v) is 9.25. The van der Waals surface area contributed by atoms with E-state index < -0.39 is 12.4 Å². The van der Waals surface area contributed by atoms with Crippen molar-refractivity contribution in [2.24, 2.45) is 0 Å². The summed E-state index contributed by atoms with van der Waals surface area (Å²) < 4.78 is 45.6. The zero-order valence-corrected chi connectivity index (χ0v) is 19.7. The lowest BCUT2D eigenvalue weighted by Gasteiger charge is -2.34. The van der Waals surface area contributed by atoms with Crippen molar-refractivity contribution in [3.63, 3.8) is 0 Å². The van der Waals surface area contributed by atoms with E-state index in [2.05, 4.69) is 30.2 Å². The second kappa shape index (κ2) is 9.75. The summed E-state index contributed by atoms with van der Waals surface area (Å²) in [4.78, 5) is 16.5. The summed E-state index contributed by atoms with van der Waals surface area (Å²) in [6, 6.07) is 20.1. The highest BCUT2D eigenvalue weighted by Gasteiger charge is 2.31. The van der Waals surface area contributed by atoms with Crippen LogP contribution in [-0.4, -0.2) is 55.7 Å². The lowest BCUT2D eigenvalue weighted by molar-refractivity contribution is 0.0728. The van der Waals surface area contributed by atoms with E-state index in [1.54, 1.807) is 11.0 Å². The predicted octanol–water partition coefficient (Wildman–Crippen LogP) is 4.79. The van der Waals surface area contributed by atoms with Gasteiger partial charge in [-0.25, -0.2) is 4.79 Å². The van der Waals surface area contributed by atoms with Crippen molar-refractivity contribution in [1.82, 2.24) is 9.80 Å². The number of fused-ring (bicyclic) bond motifs is 3. The van der Waals surface area contributed by atoms with E-state index in [0.29, 0.717) is 38.3 Å². The maximum Gasteiger partial charge on any atom is 0.509 e. The molecule has 1 heterocycles. The Bertz CT molecular complexity index is 1280. The molecule has 3 aromatic rings. The first-order valence-corrected chi connectivity index (χ1v) is 12.0. The van der Waals surface area contributed by atoms with Gasteiger partial charge in [0.2, 0.25) is 0 Å². The van der Waals surface area contributed by atoms with Crippen molar-refractivity contribution in [3.8, 4) is 23.5 Å². The van der Waals surface area contributed by atoms with Crippen LogP contribution in [0, 0.1) is 12.3 Å². The molecule has 0 radical (unpaired) electrons. The largest absolute Gasteiger partial charge is 0.509 e. The van der Waals surface area contributed by atoms with Crippen LogP contribution in [0.15, 0.2) is 66.7 Å². The van der Waals surface area contributed by atoms with Crippen LogP contribution >= 0.6 is 0 Å². The molecule has 1 fully saturated rings. The fourth-order valence-electron chi connectivity index (χ4n) is 5.11. The Hall–Kier alpha value is -3.70. The second-order valence-electron chi connectivity index (χ2n) is 9.25. The van der Waals surface area contributed by atoms with Crippen LogP contribution in [0.25, 0.3) is 11.1 Å². The molecule has 0 unspecified atom stereocenters. The summed E-state index contributed by atoms with van der Waals surface area (Å²) in [6.07, 6.45) is 4.99. The Morgan fingerprint density at radius 1 is 0.944 bits per heavy atom. The number of benzene rings is 3. The number of ether oxygens (including phenoxy) is 1. The van der Waals surface area contributed by atoms with Gasteiger partial charge in [0.05, 0.1) is 0 Å². The summed E-state index contributed by atoms with van der Waals surface area (Å²) in [6.45, 7) is -2.56. The van der Waals surface area contributed by atoms with Crippen molar-refractivity contribution in [3.05, 3.63) is 89.0 Å². The van der Waals surface area contributed by atoms with Crippen LogP contribution in [0.5, 0.6) is 0 Å². The standard InChI is InChI=1S/C28H25BF3N2O2/c1-2-20-15-21(17-22(16-20)29(30,31)32)18-33-11-13-34(14-12-33)28(35)36-19-27-25-9-5-3-7-23(25)24-8-4-6-10-26(24)27/h1,3-10,15-17,27H,11-14,18-19H2/q-1. The van der Waals surface area contributed by atoms with Crippen molar-refractivity contribution >= 4 is 18.5 Å². The number of hydrogen-bond donors (Lipinski definition) is 0. The summed E-state index contributed by atoms with van der Waals surface area (Å²) >= 11 is 0. The molecule has 0 aromatic heterocycles. The first-order valence-electron chi connectivity index (χ1n) is 12.0. The number of amides is 1. The monoisotopic (exact) mass is 489 g/mol. The van der Waals surface area contributed by atoms with Crippen LogP contribution in [0.4, 0.5) is 17.7 Å². The van der Waals surface area contributed by atoms with Gasteiger partial charge in [-0.1, -0.05) is 66.6 Å². The molecule has 0 spiro atoms. The lowest BCUT2D eigenvalue weighted by Crippen LogP contribution is -2.48. The first-order chi connectivity index (χ1) is 17.3. The van der Waals surface area contributed by atoms with Gasteiger partial charge in [0, 0.05) is 44.2 Å². The third kappa shape index (κ3) is 4.84. The molecule has 1 aliphatic carbocycles. The average molecular weight is 489 g/mol. The van der Waals surface area contributed by atoms with Crippen molar-refractivity contribution in [2.75, 3.05) is 32.8 Å². The smallest absolute Gasteiger partial charge is 0.448 e. The molecular formula is C28H25BF3N2O2-. The van der Waals surface area contributed by atoms with E-state index in [1.165, 1.54) is 17.2 Å². The molecule has 3 aromatic carbocycles. The molecule has 4 nitrogen and oxygen atoms in total. The molecule has 1 amide bonds. The normalized spacial score (nSPS) is 15.8. The fourth-order valence-corrected chi connectivity index (χ4v) is 5.11. The SMILES string of the molecule is C#Cc1cc(CN2CCN(C(=O)OCC3c4ccccc4-c4ccccc43)CC2)cc([B-](F)(F)F)c1. The van der Waals surface area contributed by atoms with Crippen molar-refractivity contribution in [1.29, 1.82) is 0 Å². The van der Waals surface area contributed by atoms with Gasteiger partial charge < -0.3 is 22.6 Å². The number of carbonyl (C=O) groups is 1. The van der Waals surface area contributed by atoms with Crippen LogP contribution < -0.4 is 5.46 Å². The number of nitrogens with zero attached hydrogens (tertiary/aromatic N) is 2. The quantitative estimate of drug-likeness (QED) is 0.382. The average Bonchev–Trinajstić information content (AvgIpc) is 3.20. The first kappa shape index (κ1) is 24.0. The number of piperazine rings is 1. The molecule has 0 atom stereocenters. The van der Waals surface area contributed by atoms with Crippen LogP contribution in [-0.2, 0) is 11.3 Å². The Balaban J connectivity index is 1.18. The van der Waals surface area contributed by atoms with E-state index in [9.17, 15) is 17.7 Å². The number of halogens is 3. The van der Waals surface area contributed by atoms with Gasteiger partial charge in [0.1, 0.15) is 6.61 Å². The van der Waals surface area contributed by atoms with Crippen LogP contribution in [0.2, 0.25) is 0 Å². The summed E-state index contributed by atoms with van der Waals surface area (Å²) in [5.74, 6) is 2.31. The van der Waals surface area contributed by atoms with Gasteiger partial charge in [-0.3, -0.25) is 4.90 Å². The summed E-state index contributed by atoms with van der Waals surface area (Å²) in [7, 11) is 0. The van der Waals surface area contributed by atoms with Crippen LogP contribution in [0.1, 0.15) is 28.2 Å². The van der Waals surface area contributed by atoms with E-state index in [-0.39, 0.29) is 24.2 Å². The third-order valence-electron chi connectivity index (χ3n) is 6.93. The summed E-state index contributed by atoms with van der Waals surface area (Å²) in [5, 5.41) is 0.